The van der Waals surface area contributed by atoms with Crippen LogP contribution in [0, 0.1) is 0 Å². The van der Waals surface area contributed by atoms with E-state index in [-0.39, 0.29) is 5.02 Å². The number of rotatable bonds is 2. The third kappa shape index (κ3) is 2.92. The Morgan fingerprint density at radius 3 is 2.70 bits per heavy atom. The molecule has 0 fully saturated rings. The summed E-state index contributed by atoms with van der Waals surface area (Å²) >= 11 is 12.0. The minimum absolute atomic E-state index is 0.244. The third-order valence-electron chi connectivity index (χ3n) is 3.76. The Kier molecular flexibility index (Phi) is 4.04. The van der Waals surface area contributed by atoms with Crippen LogP contribution < -0.4 is 5.32 Å². The lowest BCUT2D eigenvalue weighted by atomic mass is 9.89. The fraction of sp³-hybridized carbons (Fsp3) is 0.176. The van der Waals surface area contributed by atoms with Crippen molar-refractivity contribution in [2.75, 3.05) is 5.32 Å². The SMILES string of the molecule is CC1(C(=O)Nc2cccc(Cl)c2Cl)Cc2ccccc2C(=O)O1. The Morgan fingerprint density at radius 2 is 1.91 bits per heavy atom. The number of nitrogens with one attached hydrogen (secondary N) is 1. The second-order valence-electron chi connectivity index (χ2n) is 5.51. The van der Waals surface area contributed by atoms with E-state index in [2.05, 4.69) is 5.32 Å². The molecule has 0 aromatic heterocycles. The summed E-state index contributed by atoms with van der Waals surface area (Å²) in [7, 11) is 0. The van der Waals surface area contributed by atoms with Gasteiger partial charge in [0, 0.05) is 6.42 Å². The van der Waals surface area contributed by atoms with Crippen LogP contribution in [0.2, 0.25) is 10.0 Å². The summed E-state index contributed by atoms with van der Waals surface area (Å²) in [6.07, 6.45) is 0.291. The van der Waals surface area contributed by atoms with Gasteiger partial charge in [-0.25, -0.2) is 4.79 Å². The minimum Gasteiger partial charge on any atom is -0.445 e. The molecule has 1 N–H and O–H groups in total. The fourth-order valence-electron chi connectivity index (χ4n) is 2.51. The van der Waals surface area contributed by atoms with Gasteiger partial charge >= 0.3 is 5.97 Å². The van der Waals surface area contributed by atoms with Crippen LogP contribution >= 0.6 is 23.2 Å². The average molecular weight is 350 g/mol. The third-order valence-corrected chi connectivity index (χ3v) is 4.58. The van der Waals surface area contributed by atoms with Gasteiger partial charge in [0.1, 0.15) is 0 Å². The summed E-state index contributed by atoms with van der Waals surface area (Å²) < 4.78 is 5.38. The molecule has 3 rings (SSSR count). The Morgan fingerprint density at radius 1 is 1.17 bits per heavy atom. The standard InChI is InChI=1S/C17H13Cl2NO3/c1-17(9-10-5-2-3-6-11(10)15(21)23-17)16(22)20-13-8-4-7-12(18)14(13)19/h2-8H,9H2,1H3,(H,20,22). The molecule has 118 valence electrons. The second-order valence-corrected chi connectivity index (χ2v) is 6.29. The van der Waals surface area contributed by atoms with Crippen molar-refractivity contribution in [2.45, 2.75) is 18.9 Å². The van der Waals surface area contributed by atoms with E-state index < -0.39 is 17.5 Å². The molecule has 2 aromatic carbocycles. The Hall–Kier alpha value is -2.04. The molecule has 23 heavy (non-hydrogen) atoms. The van der Waals surface area contributed by atoms with Crippen LogP contribution in [-0.2, 0) is 16.0 Å². The maximum Gasteiger partial charge on any atom is 0.339 e. The fourth-order valence-corrected chi connectivity index (χ4v) is 2.86. The number of ether oxygens (including phenoxy) is 1. The molecule has 1 heterocycles. The lowest BCUT2D eigenvalue weighted by molar-refractivity contribution is -0.134. The number of carbonyl (C=O) groups is 2. The van der Waals surface area contributed by atoms with Gasteiger partial charge in [-0.2, -0.15) is 0 Å². The molecule has 6 heteroatoms. The van der Waals surface area contributed by atoms with Crippen LogP contribution in [0.15, 0.2) is 42.5 Å². The molecule has 1 amide bonds. The Bertz CT molecular complexity index is 806. The lowest BCUT2D eigenvalue weighted by Gasteiger charge is -2.33. The molecule has 0 aliphatic carbocycles. The lowest BCUT2D eigenvalue weighted by Crippen LogP contribution is -2.48. The largest absolute Gasteiger partial charge is 0.445 e. The molecule has 1 atom stereocenters. The smallest absolute Gasteiger partial charge is 0.339 e. The van der Waals surface area contributed by atoms with Crippen molar-refractivity contribution in [3.8, 4) is 0 Å². The molecule has 0 saturated heterocycles. The zero-order chi connectivity index (χ0) is 16.6. The number of amides is 1. The summed E-state index contributed by atoms with van der Waals surface area (Å²) in [5, 5.41) is 3.26. The van der Waals surface area contributed by atoms with Crippen molar-refractivity contribution in [3.63, 3.8) is 0 Å². The molecule has 0 bridgehead atoms. The number of benzene rings is 2. The number of fused-ring (bicyclic) bond motifs is 1. The first-order chi connectivity index (χ1) is 10.9. The number of anilines is 1. The van der Waals surface area contributed by atoms with E-state index in [0.29, 0.717) is 22.7 Å². The van der Waals surface area contributed by atoms with Crippen LogP contribution in [0.1, 0.15) is 22.8 Å². The number of cyclic esters (lactones) is 1. The van der Waals surface area contributed by atoms with Crippen LogP contribution in [0.4, 0.5) is 5.69 Å². The van der Waals surface area contributed by atoms with E-state index in [9.17, 15) is 9.59 Å². The highest BCUT2D eigenvalue weighted by molar-refractivity contribution is 6.44. The second kappa shape index (κ2) is 5.87. The number of hydrogen-bond acceptors (Lipinski definition) is 3. The quantitative estimate of drug-likeness (QED) is 0.830. The van der Waals surface area contributed by atoms with E-state index in [1.54, 1.807) is 37.3 Å². The van der Waals surface area contributed by atoms with Crippen molar-refractivity contribution in [1.29, 1.82) is 0 Å². The number of esters is 1. The van der Waals surface area contributed by atoms with Crippen molar-refractivity contribution >= 4 is 40.8 Å². The van der Waals surface area contributed by atoms with Gasteiger partial charge in [0.05, 0.1) is 21.3 Å². The topological polar surface area (TPSA) is 55.4 Å². The summed E-state index contributed by atoms with van der Waals surface area (Å²) in [4.78, 5) is 24.7. The summed E-state index contributed by atoms with van der Waals surface area (Å²) in [6, 6.07) is 12.0. The number of hydrogen-bond donors (Lipinski definition) is 1. The molecule has 2 aromatic rings. The molecule has 0 saturated carbocycles. The van der Waals surface area contributed by atoms with E-state index in [1.807, 2.05) is 12.1 Å². The van der Waals surface area contributed by atoms with Gasteiger partial charge in [-0.05, 0) is 30.7 Å². The van der Waals surface area contributed by atoms with Crippen molar-refractivity contribution < 1.29 is 14.3 Å². The minimum atomic E-state index is -1.31. The zero-order valence-electron chi connectivity index (χ0n) is 12.2. The maximum atomic E-state index is 12.6. The Balaban J connectivity index is 1.88. The van der Waals surface area contributed by atoms with Crippen LogP contribution in [0.3, 0.4) is 0 Å². The number of carbonyl (C=O) groups excluding carboxylic acids is 2. The highest BCUT2D eigenvalue weighted by atomic mass is 35.5. The zero-order valence-corrected chi connectivity index (χ0v) is 13.7. The molecular formula is C17H13Cl2NO3. The molecule has 1 aliphatic heterocycles. The maximum absolute atomic E-state index is 12.6. The van der Waals surface area contributed by atoms with Gasteiger partial charge in [-0.15, -0.1) is 0 Å². The highest BCUT2D eigenvalue weighted by Crippen LogP contribution is 2.33. The first-order valence-electron chi connectivity index (χ1n) is 6.97. The van der Waals surface area contributed by atoms with E-state index in [1.165, 1.54) is 0 Å². The predicted octanol–water partition coefficient (Wildman–Crippen LogP) is 4.10. The van der Waals surface area contributed by atoms with Crippen LogP contribution in [0.5, 0.6) is 0 Å². The van der Waals surface area contributed by atoms with E-state index in [4.69, 9.17) is 27.9 Å². The van der Waals surface area contributed by atoms with Gasteiger partial charge in [-0.1, -0.05) is 47.5 Å². The van der Waals surface area contributed by atoms with E-state index >= 15 is 0 Å². The molecule has 0 radical (unpaired) electrons. The molecule has 1 unspecified atom stereocenters. The molecule has 1 aliphatic rings. The van der Waals surface area contributed by atoms with Crippen molar-refractivity contribution in [2.24, 2.45) is 0 Å². The molecular weight excluding hydrogens is 337 g/mol. The Labute approximate surface area is 143 Å². The van der Waals surface area contributed by atoms with Gasteiger partial charge in [0.15, 0.2) is 5.60 Å². The summed E-state index contributed by atoms with van der Waals surface area (Å²) in [5.74, 6) is -0.966. The average Bonchev–Trinajstić information content (AvgIpc) is 2.51. The van der Waals surface area contributed by atoms with Gasteiger partial charge in [0.2, 0.25) is 0 Å². The van der Waals surface area contributed by atoms with Gasteiger partial charge in [0.25, 0.3) is 5.91 Å². The van der Waals surface area contributed by atoms with Gasteiger partial charge < -0.3 is 10.1 Å². The number of halogens is 2. The monoisotopic (exact) mass is 349 g/mol. The summed E-state index contributed by atoms with van der Waals surface area (Å²) in [6.45, 7) is 1.58. The highest BCUT2D eigenvalue weighted by Gasteiger charge is 2.42. The van der Waals surface area contributed by atoms with Crippen molar-refractivity contribution in [3.05, 3.63) is 63.6 Å². The van der Waals surface area contributed by atoms with Crippen LogP contribution in [0.25, 0.3) is 0 Å². The van der Waals surface area contributed by atoms with Crippen molar-refractivity contribution in [1.82, 2.24) is 0 Å². The molecule has 4 nitrogen and oxygen atoms in total. The summed E-state index contributed by atoms with van der Waals surface area (Å²) in [5.41, 5.74) is 0.328. The van der Waals surface area contributed by atoms with E-state index in [0.717, 1.165) is 5.56 Å². The molecule has 0 spiro atoms. The first kappa shape index (κ1) is 15.8. The normalized spacial score (nSPS) is 19.7. The first-order valence-corrected chi connectivity index (χ1v) is 7.73. The van der Waals surface area contributed by atoms with Gasteiger partial charge in [-0.3, -0.25) is 4.79 Å². The predicted molar refractivity (Wildman–Crippen MR) is 89.1 cm³/mol. The van der Waals surface area contributed by atoms with Crippen LogP contribution in [-0.4, -0.2) is 17.5 Å².